The van der Waals surface area contributed by atoms with Gasteiger partial charge in [-0.15, -0.1) is 11.3 Å². The molecule has 1 aliphatic rings. The van der Waals surface area contributed by atoms with Crippen molar-refractivity contribution in [2.75, 3.05) is 33.3 Å². The van der Waals surface area contributed by atoms with Crippen LogP contribution in [0.15, 0.2) is 60.0 Å². The summed E-state index contributed by atoms with van der Waals surface area (Å²) in [4.78, 5) is 22.0. The molecule has 1 saturated heterocycles. The molecule has 2 heterocycles. The summed E-state index contributed by atoms with van der Waals surface area (Å²) in [7, 11) is 1.68. The molecule has 1 amide bonds. The molecule has 156 valence electrons. The zero-order chi connectivity index (χ0) is 20.8. The maximum absolute atomic E-state index is 12.9. The van der Waals surface area contributed by atoms with Crippen molar-refractivity contribution in [3.05, 3.63) is 71.2 Å². The third kappa shape index (κ3) is 5.26. The van der Waals surface area contributed by atoms with Crippen LogP contribution in [0.25, 0.3) is 10.6 Å². The zero-order valence-corrected chi connectivity index (χ0v) is 18.1. The van der Waals surface area contributed by atoms with Gasteiger partial charge in [-0.25, -0.2) is 4.98 Å². The van der Waals surface area contributed by atoms with Crippen LogP contribution >= 0.6 is 11.3 Å². The molecule has 6 heteroatoms. The van der Waals surface area contributed by atoms with E-state index in [0.717, 1.165) is 61.2 Å². The van der Waals surface area contributed by atoms with Crippen LogP contribution in [0.3, 0.4) is 0 Å². The highest BCUT2D eigenvalue weighted by Gasteiger charge is 2.20. The molecule has 2 aromatic carbocycles. The summed E-state index contributed by atoms with van der Waals surface area (Å²) in [5, 5.41) is 2.98. The van der Waals surface area contributed by atoms with E-state index in [-0.39, 0.29) is 5.91 Å². The third-order valence-electron chi connectivity index (χ3n) is 5.41. The van der Waals surface area contributed by atoms with E-state index in [9.17, 15) is 4.79 Å². The van der Waals surface area contributed by atoms with Crippen LogP contribution in [-0.4, -0.2) is 54.0 Å². The molecular formula is C24H27N3O2S. The Morgan fingerprint density at radius 1 is 1.03 bits per heavy atom. The van der Waals surface area contributed by atoms with Crippen LogP contribution in [0, 0.1) is 0 Å². The lowest BCUT2D eigenvalue weighted by molar-refractivity contribution is -0.130. The second-order valence-corrected chi connectivity index (χ2v) is 8.40. The summed E-state index contributed by atoms with van der Waals surface area (Å²) >= 11 is 1.60. The Labute approximate surface area is 181 Å². The summed E-state index contributed by atoms with van der Waals surface area (Å²) in [6.07, 6.45) is 1.37. The topological polar surface area (TPSA) is 45.7 Å². The average molecular weight is 422 g/mol. The van der Waals surface area contributed by atoms with Gasteiger partial charge >= 0.3 is 0 Å². The maximum Gasteiger partial charge on any atom is 0.228 e. The molecule has 30 heavy (non-hydrogen) atoms. The highest BCUT2D eigenvalue weighted by atomic mass is 32.1. The lowest BCUT2D eigenvalue weighted by Gasteiger charge is -2.22. The van der Waals surface area contributed by atoms with Gasteiger partial charge in [0.15, 0.2) is 0 Å². The Hall–Kier alpha value is -2.70. The molecule has 1 aliphatic heterocycles. The van der Waals surface area contributed by atoms with Gasteiger partial charge in [0.2, 0.25) is 5.91 Å². The van der Waals surface area contributed by atoms with E-state index in [1.165, 1.54) is 5.56 Å². The lowest BCUT2D eigenvalue weighted by Crippen LogP contribution is -2.36. The van der Waals surface area contributed by atoms with E-state index in [1.807, 2.05) is 40.6 Å². The maximum atomic E-state index is 12.9. The fourth-order valence-corrected chi connectivity index (χ4v) is 4.56. The predicted octanol–water partition coefficient (Wildman–Crippen LogP) is 4.10. The molecule has 0 spiro atoms. The second-order valence-electron chi connectivity index (χ2n) is 7.55. The number of thiazole rings is 1. The minimum absolute atomic E-state index is 0.172. The van der Waals surface area contributed by atoms with E-state index >= 15 is 0 Å². The Morgan fingerprint density at radius 3 is 2.60 bits per heavy atom. The molecule has 1 fully saturated rings. The number of nitrogens with zero attached hydrogens (tertiary/aromatic N) is 3. The molecule has 0 atom stereocenters. The SMILES string of the molecule is COc1ccc(CN2CCCN(C(=O)Cc3csc(-c4ccccc4)n3)CC2)cc1. The molecular weight excluding hydrogens is 394 g/mol. The number of aromatic nitrogens is 1. The van der Waals surface area contributed by atoms with E-state index in [2.05, 4.69) is 34.1 Å². The van der Waals surface area contributed by atoms with Gasteiger partial charge in [-0.2, -0.15) is 0 Å². The normalized spacial score (nSPS) is 15.0. The molecule has 0 unspecified atom stereocenters. The Kier molecular flexibility index (Phi) is 6.77. The number of rotatable bonds is 6. The Balaban J connectivity index is 1.30. The van der Waals surface area contributed by atoms with Gasteiger partial charge in [-0.1, -0.05) is 42.5 Å². The molecule has 5 nitrogen and oxygen atoms in total. The van der Waals surface area contributed by atoms with Crippen LogP contribution in [0.5, 0.6) is 5.75 Å². The first-order chi connectivity index (χ1) is 14.7. The smallest absolute Gasteiger partial charge is 0.228 e. The Bertz CT molecular complexity index is 956. The molecule has 0 bridgehead atoms. The van der Waals surface area contributed by atoms with Gasteiger partial charge < -0.3 is 9.64 Å². The number of benzene rings is 2. The van der Waals surface area contributed by atoms with Crippen molar-refractivity contribution in [1.29, 1.82) is 0 Å². The van der Waals surface area contributed by atoms with Crippen molar-refractivity contribution in [2.45, 2.75) is 19.4 Å². The van der Waals surface area contributed by atoms with Gasteiger partial charge in [0, 0.05) is 43.7 Å². The van der Waals surface area contributed by atoms with Crippen LogP contribution in [-0.2, 0) is 17.8 Å². The molecule has 3 aromatic rings. The Morgan fingerprint density at radius 2 is 1.83 bits per heavy atom. The van der Waals surface area contributed by atoms with Crippen LogP contribution < -0.4 is 4.74 Å². The number of hydrogen-bond donors (Lipinski definition) is 0. The first-order valence-corrected chi connectivity index (χ1v) is 11.2. The van der Waals surface area contributed by atoms with E-state index in [0.29, 0.717) is 6.42 Å². The summed E-state index contributed by atoms with van der Waals surface area (Å²) < 4.78 is 5.23. The fraction of sp³-hybridized carbons (Fsp3) is 0.333. The number of hydrogen-bond acceptors (Lipinski definition) is 5. The van der Waals surface area contributed by atoms with E-state index < -0.39 is 0 Å². The van der Waals surface area contributed by atoms with Crippen molar-refractivity contribution >= 4 is 17.2 Å². The minimum atomic E-state index is 0.172. The van der Waals surface area contributed by atoms with Gasteiger partial charge in [-0.3, -0.25) is 9.69 Å². The van der Waals surface area contributed by atoms with Crippen molar-refractivity contribution in [1.82, 2.24) is 14.8 Å². The van der Waals surface area contributed by atoms with Crippen molar-refractivity contribution in [2.24, 2.45) is 0 Å². The third-order valence-corrected chi connectivity index (χ3v) is 6.35. The monoisotopic (exact) mass is 421 g/mol. The lowest BCUT2D eigenvalue weighted by atomic mass is 10.2. The number of amides is 1. The van der Waals surface area contributed by atoms with Gasteiger partial charge in [0.25, 0.3) is 0 Å². The van der Waals surface area contributed by atoms with Crippen molar-refractivity contribution < 1.29 is 9.53 Å². The first kappa shape index (κ1) is 20.6. The number of ether oxygens (including phenoxy) is 1. The molecule has 1 aromatic heterocycles. The summed E-state index contributed by atoms with van der Waals surface area (Å²) in [6, 6.07) is 18.3. The quantitative estimate of drug-likeness (QED) is 0.601. The van der Waals surface area contributed by atoms with Gasteiger partial charge in [0.1, 0.15) is 10.8 Å². The van der Waals surface area contributed by atoms with Crippen LogP contribution in [0.4, 0.5) is 0 Å². The molecule has 4 rings (SSSR count). The molecule has 0 saturated carbocycles. The second kappa shape index (κ2) is 9.87. The number of carbonyl (C=O) groups is 1. The summed E-state index contributed by atoms with van der Waals surface area (Å²) in [5.74, 6) is 1.05. The largest absolute Gasteiger partial charge is 0.497 e. The molecule has 0 N–H and O–H groups in total. The standard InChI is InChI=1S/C24H27N3O2S/c1-29-22-10-8-19(9-11-22)17-26-12-5-13-27(15-14-26)23(28)16-21-18-30-24(25-21)20-6-3-2-4-7-20/h2-4,6-11,18H,5,12-17H2,1H3. The minimum Gasteiger partial charge on any atom is -0.497 e. The number of methoxy groups -OCH3 is 1. The predicted molar refractivity (Wildman–Crippen MR) is 121 cm³/mol. The zero-order valence-electron chi connectivity index (χ0n) is 17.3. The van der Waals surface area contributed by atoms with Crippen LogP contribution in [0.1, 0.15) is 17.7 Å². The summed E-state index contributed by atoms with van der Waals surface area (Å²) in [6.45, 7) is 4.38. The van der Waals surface area contributed by atoms with Crippen molar-refractivity contribution in [3.8, 4) is 16.3 Å². The van der Waals surface area contributed by atoms with Crippen molar-refractivity contribution in [3.63, 3.8) is 0 Å². The molecule has 0 aliphatic carbocycles. The first-order valence-electron chi connectivity index (χ1n) is 10.3. The van der Waals surface area contributed by atoms with E-state index in [4.69, 9.17) is 4.74 Å². The highest BCUT2D eigenvalue weighted by Crippen LogP contribution is 2.24. The van der Waals surface area contributed by atoms with E-state index in [1.54, 1.807) is 18.4 Å². The summed E-state index contributed by atoms with van der Waals surface area (Å²) in [5.41, 5.74) is 3.24. The number of carbonyl (C=O) groups excluding carboxylic acids is 1. The van der Waals surface area contributed by atoms with Gasteiger partial charge in [-0.05, 0) is 24.1 Å². The van der Waals surface area contributed by atoms with Crippen LogP contribution in [0.2, 0.25) is 0 Å². The van der Waals surface area contributed by atoms with Gasteiger partial charge in [0.05, 0.1) is 19.2 Å². The molecule has 0 radical (unpaired) electrons. The fourth-order valence-electron chi connectivity index (χ4n) is 3.74. The highest BCUT2D eigenvalue weighted by molar-refractivity contribution is 7.13. The average Bonchev–Trinajstić information content (AvgIpc) is 3.12.